The second-order valence-corrected chi connectivity index (χ2v) is 8.44. The number of likely N-dealkylation sites (tertiary alicyclic amines) is 2. The van der Waals surface area contributed by atoms with Gasteiger partial charge in [0, 0.05) is 36.8 Å². The summed E-state index contributed by atoms with van der Waals surface area (Å²) in [6.45, 7) is 6.09. The number of anilines is 1. The molecule has 31 heavy (non-hydrogen) atoms. The number of hydrogen-bond acceptors (Lipinski definition) is 4. The van der Waals surface area contributed by atoms with Crippen molar-refractivity contribution in [3.05, 3.63) is 77.9 Å². The van der Waals surface area contributed by atoms with E-state index in [1.54, 1.807) is 6.08 Å². The number of carbonyl (C=O) groups is 2. The lowest BCUT2D eigenvalue weighted by atomic mass is 9.79. The minimum atomic E-state index is -0.327. The molecule has 3 aliphatic rings. The third kappa shape index (κ3) is 3.46. The van der Waals surface area contributed by atoms with E-state index in [4.69, 9.17) is 4.74 Å². The lowest BCUT2D eigenvalue weighted by molar-refractivity contribution is 0.0651. The molecule has 6 heteroatoms. The molecule has 0 bridgehead atoms. The minimum Gasteiger partial charge on any atom is -0.445 e. The van der Waals surface area contributed by atoms with E-state index < -0.39 is 0 Å². The van der Waals surface area contributed by atoms with Gasteiger partial charge in [0.15, 0.2) is 0 Å². The first-order valence-electron chi connectivity index (χ1n) is 11.0. The number of ether oxygens (including phenoxy) is 1. The Morgan fingerprint density at radius 3 is 2.65 bits per heavy atom. The number of carbonyl (C=O) groups excluding carboxylic acids is 2. The predicted octanol–water partition coefficient (Wildman–Crippen LogP) is 4.38. The Morgan fingerprint density at radius 1 is 1.13 bits per heavy atom. The topological polar surface area (TPSA) is 61.9 Å². The van der Waals surface area contributed by atoms with Crippen molar-refractivity contribution < 1.29 is 14.3 Å². The molecule has 0 spiro atoms. The highest BCUT2D eigenvalue weighted by atomic mass is 16.6. The molecule has 2 amide bonds. The van der Waals surface area contributed by atoms with Crippen LogP contribution in [0.4, 0.5) is 10.5 Å². The Hall–Kier alpha value is -3.28. The number of nitrogens with zero attached hydrogens (tertiary/aromatic N) is 2. The van der Waals surface area contributed by atoms with Crippen LogP contribution in [0.15, 0.2) is 61.2 Å². The normalized spacial score (nSPS) is 23.8. The molecular weight excluding hydrogens is 390 g/mol. The van der Waals surface area contributed by atoms with Crippen LogP contribution >= 0.6 is 0 Å². The summed E-state index contributed by atoms with van der Waals surface area (Å²) in [5, 5.41) is 3.69. The van der Waals surface area contributed by atoms with Gasteiger partial charge >= 0.3 is 6.09 Å². The van der Waals surface area contributed by atoms with Crippen LogP contribution < -0.4 is 5.32 Å². The molecule has 0 radical (unpaired) electrons. The van der Waals surface area contributed by atoms with Gasteiger partial charge in [0.05, 0.1) is 12.1 Å². The van der Waals surface area contributed by atoms with Crippen LogP contribution in [0.2, 0.25) is 0 Å². The Bertz CT molecular complexity index is 1000. The molecule has 0 saturated carbocycles. The van der Waals surface area contributed by atoms with Crippen molar-refractivity contribution in [2.75, 3.05) is 31.6 Å². The van der Waals surface area contributed by atoms with E-state index in [1.165, 1.54) is 5.56 Å². The van der Waals surface area contributed by atoms with Gasteiger partial charge in [-0.2, -0.15) is 0 Å². The van der Waals surface area contributed by atoms with Gasteiger partial charge in [0.25, 0.3) is 5.91 Å². The Kier molecular flexibility index (Phi) is 5.14. The first-order valence-corrected chi connectivity index (χ1v) is 11.0. The molecule has 2 fully saturated rings. The van der Waals surface area contributed by atoms with Crippen LogP contribution in [0.1, 0.15) is 46.4 Å². The van der Waals surface area contributed by atoms with Crippen molar-refractivity contribution in [3.63, 3.8) is 0 Å². The van der Waals surface area contributed by atoms with E-state index in [2.05, 4.69) is 24.0 Å². The monoisotopic (exact) mass is 417 g/mol. The molecule has 2 aromatic carbocycles. The van der Waals surface area contributed by atoms with E-state index in [0.29, 0.717) is 12.1 Å². The highest BCUT2D eigenvalue weighted by molar-refractivity contribution is 5.95. The summed E-state index contributed by atoms with van der Waals surface area (Å²) in [5.74, 6) is 0.259. The number of hydrogen-bond donors (Lipinski definition) is 1. The average molecular weight is 418 g/mol. The second kappa shape index (κ2) is 8.10. The molecule has 0 aliphatic carbocycles. The van der Waals surface area contributed by atoms with E-state index in [1.807, 2.05) is 46.2 Å². The van der Waals surface area contributed by atoms with Crippen molar-refractivity contribution in [1.29, 1.82) is 0 Å². The molecule has 2 aromatic rings. The standard InChI is InChI=1S/C25H27N3O3/c1-2-15-31-25(30)28-14-11-19-22(17-7-4-3-5-8-17)26-21-10-9-18(16-20(21)23(19)28)24(29)27-12-6-13-27/h2-5,7-10,16,19,22-23,26H,1,6,11-15H2/t19-,22?,23-/m0/s1. The first kappa shape index (κ1) is 19.7. The highest BCUT2D eigenvalue weighted by Gasteiger charge is 2.47. The number of amides is 2. The molecule has 2 saturated heterocycles. The fourth-order valence-electron chi connectivity index (χ4n) is 5.02. The maximum Gasteiger partial charge on any atom is 0.410 e. The zero-order chi connectivity index (χ0) is 21.4. The smallest absolute Gasteiger partial charge is 0.410 e. The molecule has 160 valence electrons. The molecule has 0 aromatic heterocycles. The van der Waals surface area contributed by atoms with E-state index >= 15 is 0 Å². The number of nitrogens with one attached hydrogen (secondary N) is 1. The third-order valence-corrected chi connectivity index (χ3v) is 6.66. The summed E-state index contributed by atoms with van der Waals surface area (Å²) in [6, 6.07) is 16.2. The van der Waals surface area contributed by atoms with Crippen LogP contribution in [0.5, 0.6) is 0 Å². The van der Waals surface area contributed by atoms with Crippen molar-refractivity contribution in [2.24, 2.45) is 5.92 Å². The Labute approximate surface area is 182 Å². The van der Waals surface area contributed by atoms with Gasteiger partial charge in [-0.3, -0.25) is 4.79 Å². The first-order chi connectivity index (χ1) is 15.2. The fraction of sp³-hybridized carbons (Fsp3) is 0.360. The van der Waals surface area contributed by atoms with E-state index in [-0.39, 0.29) is 36.6 Å². The van der Waals surface area contributed by atoms with Gasteiger partial charge < -0.3 is 19.9 Å². The van der Waals surface area contributed by atoms with Crippen molar-refractivity contribution >= 4 is 17.7 Å². The molecule has 1 N–H and O–H groups in total. The summed E-state index contributed by atoms with van der Waals surface area (Å²) in [6.07, 6.45) is 3.18. The number of rotatable bonds is 4. The lowest BCUT2D eigenvalue weighted by Crippen LogP contribution is -2.42. The Morgan fingerprint density at radius 2 is 1.94 bits per heavy atom. The number of benzene rings is 2. The van der Waals surface area contributed by atoms with E-state index in [9.17, 15) is 9.59 Å². The van der Waals surface area contributed by atoms with Crippen LogP contribution in [-0.2, 0) is 4.74 Å². The zero-order valence-electron chi connectivity index (χ0n) is 17.5. The summed E-state index contributed by atoms with van der Waals surface area (Å²) in [4.78, 5) is 29.4. The van der Waals surface area contributed by atoms with Gasteiger partial charge in [0.1, 0.15) is 6.61 Å². The summed E-state index contributed by atoms with van der Waals surface area (Å²) in [5.41, 5.74) is 3.85. The summed E-state index contributed by atoms with van der Waals surface area (Å²) < 4.78 is 5.40. The molecular formula is C25H27N3O3. The third-order valence-electron chi connectivity index (χ3n) is 6.66. The fourth-order valence-corrected chi connectivity index (χ4v) is 5.02. The van der Waals surface area contributed by atoms with Crippen LogP contribution in [0, 0.1) is 5.92 Å². The zero-order valence-corrected chi connectivity index (χ0v) is 17.5. The number of fused-ring (bicyclic) bond motifs is 3. The molecule has 3 heterocycles. The van der Waals surface area contributed by atoms with Gasteiger partial charge in [-0.1, -0.05) is 43.0 Å². The van der Waals surface area contributed by atoms with Gasteiger partial charge in [-0.05, 0) is 42.2 Å². The van der Waals surface area contributed by atoms with E-state index in [0.717, 1.165) is 37.2 Å². The minimum absolute atomic E-state index is 0.0644. The van der Waals surface area contributed by atoms with Gasteiger partial charge in [-0.25, -0.2) is 4.79 Å². The quantitative estimate of drug-likeness (QED) is 0.750. The van der Waals surface area contributed by atoms with Crippen molar-refractivity contribution in [2.45, 2.75) is 24.9 Å². The highest BCUT2D eigenvalue weighted by Crippen LogP contribution is 2.51. The second-order valence-electron chi connectivity index (χ2n) is 8.44. The molecule has 1 unspecified atom stereocenters. The van der Waals surface area contributed by atoms with Crippen LogP contribution in [0.25, 0.3) is 0 Å². The summed E-state index contributed by atoms with van der Waals surface area (Å²) in [7, 11) is 0. The van der Waals surface area contributed by atoms with Crippen molar-refractivity contribution in [3.8, 4) is 0 Å². The Balaban J connectivity index is 1.54. The predicted molar refractivity (Wildman–Crippen MR) is 119 cm³/mol. The van der Waals surface area contributed by atoms with Crippen molar-refractivity contribution in [1.82, 2.24) is 9.80 Å². The van der Waals surface area contributed by atoms with Gasteiger partial charge in [-0.15, -0.1) is 0 Å². The summed E-state index contributed by atoms with van der Waals surface area (Å²) >= 11 is 0. The largest absolute Gasteiger partial charge is 0.445 e. The molecule has 3 atom stereocenters. The lowest BCUT2D eigenvalue weighted by Gasteiger charge is -2.40. The van der Waals surface area contributed by atoms with Gasteiger partial charge in [0.2, 0.25) is 0 Å². The molecule has 5 rings (SSSR count). The SMILES string of the molecule is C=CCOC(=O)N1CC[C@H]2C(c3ccccc3)Nc3ccc(C(=O)N4CCC4)cc3[C@H]21. The van der Waals surface area contributed by atoms with Crippen LogP contribution in [0.3, 0.4) is 0 Å². The maximum absolute atomic E-state index is 12.9. The molecule has 6 nitrogen and oxygen atoms in total. The maximum atomic E-state index is 12.9. The van der Waals surface area contributed by atoms with Crippen LogP contribution in [-0.4, -0.2) is 48.0 Å². The average Bonchev–Trinajstić information content (AvgIpc) is 3.21. The molecule has 3 aliphatic heterocycles.